The maximum absolute atomic E-state index is 5.99. The van der Waals surface area contributed by atoms with Crippen LogP contribution in [0.2, 0.25) is 0 Å². The van der Waals surface area contributed by atoms with Gasteiger partial charge in [0.25, 0.3) is 0 Å². The lowest BCUT2D eigenvalue weighted by Crippen LogP contribution is -2.29. The fraction of sp³-hybridized carbons (Fsp3) is 0.429. The topological polar surface area (TPSA) is 21.7 Å². The molecule has 0 radical (unpaired) electrons. The molecular weight excluding hydrogens is 298 g/mol. The van der Waals surface area contributed by atoms with E-state index in [1.54, 1.807) is 7.11 Å². The maximum atomic E-state index is 5.99. The Balaban J connectivity index is 1.75. The van der Waals surface area contributed by atoms with Gasteiger partial charge in [0, 0.05) is 30.4 Å². The van der Waals surface area contributed by atoms with Crippen molar-refractivity contribution in [2.45, 2.75) is 38.2 Å². The molecule has 2 aromatic carbocycles. The lowest BCUT2D eigenvalue weighted by molar-refractivity contribution is 0.0703. The Morgan fingerprint density at radius 3 is 2.79 bits per heavy atom. The van der Waals surface area contributed by atoms with Crippen molar-refractivity contribution >= 4 is 11.4 Å². The number of hydrogen-bond donors (Lipinski definition) is 0. The third kappa shape index (κ3) is 3.13. The van der Waals surface area contributed by atoms with E-state index in [2.05, 4.69) is 48.2 Å². The van der Waals surface area contributed by atoms with Gasteiger partial charge < -0.3 is 14.4 Å². The molecule has 1 aliphatic carbocycles. The van der Waals surface area contributed by atoms with E-state index >= 15 is 0 Å². The molecule has 0 saturated heterocycles. The summed E-state index contributed by atoms with van der Waals surface area (Å²) in [7, 11) is 1.72. The van der Waals surface area contributed by atoms with Crippen LogP contribution in [0.25, 0.3) is 0 Å². The van der Waals surface area contributed by atoms with Gasteiger partial charge in [0.2, 0.25) is 0 Å². The number of benzene rings is 2. The molecule has 3 nitrogen and oxygen atoms in total. The molecule has 1 aliphatic heterocycles. The number of nitrogens with zero attached hydrogens (tertiary/aromatic N) is 1. The second-order valence-electron chi connectivity index (χ2n) is 6.90. The van der Waals surface area contributed by atoms with Gasteiger partial charge >= 0.3 is 0 Å². The molecule has 3 heteroatoms. The minimum atomic E-state index is 0.269. The first-order chi connectivity index (χ1) is 11.7. The summed E-state index contributed by atoms with van der Waals surface area (Å²) in [5.41, 5.74) is 5.36. The van der Waals surface area contributed by atoms with Crippen LogP contribution in [0.5, 0.6) is 5.75 Å². The summed E-state index contributed by atoms with van der Waals surface area (Å²) in [6.45, 7) is 3.77. The minimum Gasteiger partial charge on any atom is -0.497 e. The summed E-state index contributed by atoms with van der Waals surface area (Å²) in [4.78, 5) is 2.36. The minimum absolute atomic E-state index is 0.269. The van der Waals surface area contributed by atoms with Crippen molar-refractivity contribution in [1.82, 2.24) is 0 Å². The largest absolute Gasteiger partial charge is 0.497 e. The Labute approximate surface area is 144 Å². The van der Waals surface area contributed by atoms with Crippen molar-refractivity contribution < 1.29 is 9.47 Å². The predicted molar refractivity (Wildman–Crippen MR) is 97.5 cm³/mol. The fourth-order valence-corrected chi connectivity index (χ4v) is 3.58. The zero-order valence-electron chi connectivity index (χ0n) is 14.5. The van der Waals surface area contributed by atoms with Gasteiger partial charge in [-0.15, -0.1) is 0 Å². The van der Waals surface area contributed by atoms with E-state index in [1.165, 1.54) is 29.7 Å². The summed E-state index contributed by atoms with van der Waals surface area (Å²) in [5.74, 6) is 1.67. The van der Waals surface area contributed by atoms with Crippen LogP contribution >= 0.6 is 0 Å². The summed E-state index contributed by atoms with van der Waals surface area (Å²) in [6, 6.07) is 15.3. The molecule has 24 heavy (non-hydrogen) atoms. The van der Waals surface area contributed by atoms with Gasteiger partial charge in [-0.3, -0.25) is 0 Å². The van der Waals surface area contributed by atoms with Crippen LogP contribution in [-0.2, 0) is 11.2 Å². The van der Waals surface area contributed by atoms with Crippen LogP contribution < -0.4 is 9.64 Å². The van der Waals surface area contributed by atoms with Crippen LogP contribution in [0, 0.1) is 0 Å². The predicted octanol–water partition coefficient (Wildman–Crippen LogP) is 4.67. The average Bonchev–Trinajstić information content (AvgIpc) is 3.42. The zero-order chi connectivity index (χ0) is 16.5. The molecule has 1 heterocycles. The first-order valence-electron chi connectivity index (χ1n) is 8.90. The molecule has 0 aromatic heterocycles. The molecule has 126 valence electrons. The highest BCUT2D eigenvalue weighted by molar-refractivity contribution is 5.68. The van der Waals surface area contributed by atoms with Crippen molar-refractivity contribution in [2.24, 2.45) is 0 Å². The van der Waals surface area contributed by atoms with E-state index in [1.807, 2.05) is 6.07 Å². The molecule has 0 spiro atoms. The Hall–Kier alpha value is -2.00. The molecule has 0 bridgehead atoms. The second-order valence-corrected chi connectivity index (χ2v) is 6.90. The molecule has 2 aliphatic rings. The third-order valence-corrected chi connectivity index (χ3v) is 5.03. The SMILES string of the molecule is COc1cccc(N2CCOC(C)Cc3cc(C4CC4)ccc32)c1. The third-order valence-electron chi connectivity index (χ3n) is 5.03. The van der Waals surface area contributed by atoms with Gasteiger partial charge in [0.15, 0.2) is 0 Å². The number of fused-ring (bicyclic) bond motifs is 1. The quantitative estimate of drug-likeness (QED) is 0.819. The molecule has 4 rings (SSSR count). The van der Waals surface area contributed by atoms with E-state index in [-0.39, 0.29) is 6.10 Å². The van der Waals surface area contributed by atoms with E-state index in [4.69, 9.17) is 9.47 Å². The normalized spacial score (nSPS) is 20.9. The lowest BCUT2D eigenvalue weighted by atomic mass is 9.99. The monoisotopic (exact) mass is 323 g/mol. The summed E-state index contributed by atoms with van der Waals surface area (Å²) >= 11 is 0. The number of rotatable bonds is 3. The number of ether oxygens (including phenoxy) is 2. The van der Waals surface area contributed by atoms with E-state index in [9.17, 15) is 0 Å². The van der Waals surface area contributed by atoms with Crippen molar-refractivity contribution in [3.05, 3.63) is 53.6 Å². The zero-order valence-corrected chi connectivity index (χ0v) is 14.5. The Morgan fingerprint density at radius 2 is 2.00 bits per heavy atom. The van der Waals surface area contributed by atoms with Gasteiger partial charge in [0.05, 0.1) is 19.8 Å². The molecule has 1 unspecified atom stereocenters. The Kier molecular flexibility index (Phi) is 4.19. The maximum Gasteiger partial charge on any atom is 0.120 e. The molecule has 1 saturated carbocycles. The second kappa shape index (κ2) is 6.48. The van der Waals surface area contributed by atoms with Gasteiger partial charge in [0.1, 0.15) is 5.75 Å². The molecule has 2 aromatic rings. The first kappa shape index (κ1) is 15.5. The van der Waals surface area contributed by atoms with Crippen LogP contribution in [0.15, 0.2) is 42.5 Å². The smallest absolute Gasteiger partial charge is 0.120 e. The molecule has 1 fully saturated rings. The fourth-order valence-electron chi connectivity index (χ4n) is 3.58. The van der Waals surface area contributed by atoms with E-state index in [0.29, 0.717) is 0 Å². The number of hydrogen-bond acceptors (Lipinski definition) is 3. The van der Waals surface area contributed by atoms with Crippen molar-refractivity contribution in [3.8, 4) is 5.75 Å². The summed E-state index contributed by atoms with van der Waals surface area (Å²) in [6.07, 6.45) is 3.91. The summed E-state index contributed by atoms with van der Waals surface area (Å²) in [5, 5.41) is 0. The standard InChI is InChI=1S/C21H25NO2/c1-15-12-18-13-17(16-6-7-16)8-9-21(18)22(10-11-24-15)19-4-3-5-20(14-19)23-2/h3-5,8-9,13-16H,6-7,10-12H2,1-2H3. The molecule has 0 N–H and O–H groups in total. The highest BCUT2D eigenvalue weighted by Gasteiger charge is 2.26. The lowest BCUT2D eigenvalue weighted by Gasteiger charge is -2.31. The van der Waals surface area contributed by atoms with Crippen LogP contribution in [0.1, 0.15) is 36.8 Å². The Bertz CT molecular complexity index is 724. The van der Waals surface area contributed by atoms with Gasteiger partial charge in [-0.05, 0) is 55.0 Å². The number of anilines is 2. The van der Waals surface area contributed by atoms with Crippen LogP contribution in [0.4, 0.5) is 11.4 Å². The van der Waals surface area contributed by atoms with Crippen molar-refractivity contribution in [2.75, 3.05) is 25.2 Å². The van der Waals surface area contributed by atoms with Crippen LogP contribution in [0.3, 0.4) is 0 Å². The van der Waals surface area contributed by atoms with E-state index in [0.717, 1.165) is 36.9 Å². The van der Waals surface area contributed by atoms with E-state index < -0.39 is 0 Å². The average molecular weight is 323 g/mol. The van der Waals surface area contributed by atoms with Gasteiger partial charge in [-0.2, -0.15) is 0 Å². The Morgan fingerprint density at radius 1 is 1.12 bits per heavy atom. The highest BCUT2D eigenvalue weighted by Crippen LogP contribution is 2.42. The van der Waals surface area contributed by atoms with Gasteiger partial charge in [-0.1, -0.05) is 18.2 Å². The van der Waals surface area contributed by atoms with Crippen molar-refractivity contribution in [3.63, 3.8) is 0 Å². The molecule has 0 amide bonds. The molecule has 1 atom stereocenters. The summed E-state index contributed by atoms with van der Waals surface area (Å²) < 4.78 is 11.4. The highest BCUT2D eigenvalue weighted by atomic mass is 16.5. The van der Waals surface area contributed by atoms with Crippen LogP contribution in [-0.4, -0.2) is 26.4 Å². The number of methoxy groups -OCH3 is 1. The van der Waals surface area contributed by atoms with Crippen molar-refractivity contribution in [1.29, 1.82) is 0 Å². The van der Waals surface area contributed by atoms with Gasteiger partial charge in [-0.25, -0.2) is 0 Å². The molecular formula is C21H25NO2. The first-order valence-corrected chi connectivity index (χ1v) is 8.90.